The fraction of sp³-hybridized carbons (Fsp3) is 0.474. The van der Waals surface area contributed by atoms with Gasteiger partial charge in [0, 0.05) is 44.2 Å². The van der Waals surface area contributed by atoms with Crippen molar-refractivity contribution in [1.29, 1.82) is 0 Å². The van der Waals surface area contributed by atoms with E-state index >= 15 is 0 Å². The summed E-state index contributed by atoms with van der Waals surface area (Å²) in [7, 11) is 0. The van der Waals surface area contributed by atoms with Crippen LogP contribution >= 0.6 is 11.6 Å². The van der Waals surface area contributed by atoms with Crippen LogP contribution in [0.15, 0.2) is 30.3 Å². The lowest BCUT2D eigenvalue weighted by Gasteiger charge is -2.19. The lowest BCUT2D eigenvalue weighted by Crippen LogP contribution is -2.30. The van der Waals surface area contributed by atoms with Gasteiger partial charge in [-0.25, -0.2) is 0 Å². The molecule has 2 heterocycles. The zero-order chi connectivity index (χ0) is 18.5. The molecule has 0 bridgehead atoms. The molecule has 3 rings (SSSR count). The van der Waals surface area contributed by atoms with Gasteiger partial charge in [-0.15, -0.1) is 0 Å². The molecule has 0 spiro atoms. The van der Waals surface area contributed by atoms with Gasteiger partial charge in [-0.05, 0) is 37.1 Å². The second-order valence-electron chi connectivity index (χ2n) is 6.75. The molecule has 6 nitrogen and oxygen atoms in total. The van der Waals surface area contributed by atoms with E-state index < -0.39 is 6.10 Å². The molecule has 0 saturated carbocycles. The molecule has 7 heteroatoms. The number of aliphatic hydroxyl groups is 1. The smallest absolute Gasteiger partial charge is 0.221 e. The number of benzene rings is 1. The molecule has 0 unspecified atom stereocenters. The fourth-order valence-corrected chi connectivity index (χ4v) is 3.35. The van der Waals surface area contributed by atoms with Crippen molar-refractivity contribution < 1.29 is 9.90 Å². The first-order chi connectivity index (χ1) is 12.5. The summed E-state index contributed by atoms with van der Waals surface area (Å²) in [5, 5.41) is 17.8. The number of aliphatic hydroxyl groups excluding tert-OH is 1. The summed E-state index contributed by atoms with van der Waals surface area (Å²) in [5.74, 6) is 0.0346. The van der Waals surface area contributed by atoms with E-state index in [1.165, 1.54) is 0 Å². The zero-order valence-corrected chi connectivity index (χ0v) is 15.7. The largest absolute Gasteiger partial charge is 0.387 e. The molecule has 0 fully saturated rings. The Balaban J connectivity index is 1.48. The van der Waals surface area contributed by atoms with E-state index in [2.05, 4.69) is 15.3 Å². The Labute approximate surface area is 158 Å². The second kappa shape index (κ2) is 8.66. The number of hydrogen-bond donors (Lipinski definition) is 2. The summed E-state index contributed by atoms with van der Waals surface area (Å²) in [6.07, 6.45) is 0.885. The van der Waals surface area contributed by atoms with Crippen LogP contribution in [0.25, 0.3) is 0 Å². The van der Waals surface area contributed by atoms with Gasteiger partial charge >= 0.3 is 0 Å². The van der Waals surface area contributed by atoms with Gasteiger partial charge in [-0.3, -0.25) is 14.4 Å². The lowest BCUT2D eigenvalue weighted by atomic mass is 10.2. The summed E-state index contributed by atoms with van der Waals surface area (Å²) in [5.41, 5.74) is 2.80. The number of nitrogens with one attached hydrogen (secondary N) is 1. The Morgan fingerprint density at radius 3 is 3.00 bits per heavy atom. The monoisotopic (exact) mass is 376 g/mol. The summed E-state index contributed by atoms with van der Waals surface area (Å²) in [6.45, 7) is 5.46. The minimum Gasteiger partial charge on any atom is -0.387 e. The zero-order valence-electron chi connectivity index (χ0n) is 15.0. The Morgan fingerprint density at radius 2 is 2.23 bits per heavy atom. The van der Waals surface area contributed by atoms with E-state index in [-0.39, 0.29) is 5.91 Å². The van der Waals surface area contributed by atoms with E-state index in [0.717, 1.165) is 37.3 Å². The highest BCUT2D eigenvalue weighted by molar-refractivity contribution is 6.30. The maximum Gasteiger partial charge on any atom is 0.221 e. The van der Waals surface area contributed by atoms with Crippen LogP contribution < -0.4 is 5.32 Å². The van der Waals surface area contributed by atoms with Crippen LogP contribution in [0.1, 0.15) is 42.8 Å². The van der Waals surface area contributed by atoms with Crippen molar-refractivity contribution in [2.45, 2.75) is 45.5 Å². The SMILES string of the molecule is C[C@@H](O)c1cc2n(n1)CCCN(CCC(=O)NCc1cccc(Cl)c1)C2. The molecule has 26 heavy (non-hydrogen) atoms. The van der Waals surface area contributed by atoms with Crippen molar-refractivity contribution in [3.8, 4) is 0 Å². The van der Waals surface area contributed by atoms with Crippen LogP contribution in [-0.4, -0.2) is 38.8 Å². The maximum absolute atomic E-state index is 12.1. The molecule has 1 aromatic heterocycles. The molecule has 1 aromatic carbocycles. The van der Waals surface area contributed by atoms with Gasteiger partial charge < -0.3 is 10.4 Å². The average molecular weight is 377 g/mol. The third-order valence-corrected chi connectivity index (χ3v) is 4.81. The molecule has 1 aliphatic heterocycles. The third-order valence-electron chi connectivity index (χ3n) is 4.57. The van der Waals surface area contributed by atoms with Gasteiger partial charge in [0.1, 0.15) is 0 Å². The van der Waals surface area contributed by atoms with Gasteiger partial charge in [0.05, 0.1) is 17.5 Å². The predicted molar refractivity (Wildman–Crippen MR) is 101 cm³/mol. The van der Waals surface area contributed by atoms with Crippen LogP contribution in [0, 0.1) is 0 Å². The topological polar surface area (TPSA) is 70.4 Å². The van der Waals surface area contributed by atoms with Crippen LogP contribution in [-0.2, 0) is 24.4 Å². The number of fused-ring (bicyclic) bond motifs is 1. The van der Waals surface area contributed by atoms with Crippen molar-refractivity contribution in [3.63, 3.8) is 0 Å². The van der Waals surface area contributed by atoms with Crippen LogP contribution in [0.4, 0.5) is 0 Å². The van der Waals surface area contributed by atoms with Crippen molar-refractivity contribution in [3.05, 3.63) is 52.3 Å². The van der Waals surface area contributed by atoms with Crippen molar-refractivity contribution in [2.75, 3.05) is 13.1 Å². The first-order valence-electron chi connectivity index (χ1n) is 8.99. The van der Waals surface area contributed by atoms with E-state index in [1.54, 1.807) is 6.92 Å². The van der Waals surface area contributed by atoms with E-state index in [1.807, 2.05) is 35.0 Å². The highest BCUT2D eigenvalue weighted by Crippen LogP contribution is 2.18. The molecule has 140 valence electrons. The number of aryl methyl sites for hydroxylation is 1. The number of nitrogens with zero attached hydrogens (tertiary/aromatic N) is 3. The van der Waals surface area contributed by atoms with Gasteiger partial charge in [-0.2, -0.15) is 5.10 Å². The maximum atomic E-state index is 12.1. The van der Waals surface area contributed by atoms with Gasteiger partial charge in [0.2, 0.25) is 5.91 Å². The predicted octanol–water partition coefficient (Wildman–Crippen LogP) is 2.50. The normalized spacial score (nSPS) is 16.0. The first-order valence-corrected chi connectivity index (χ1v) is 9.37. The standard InChI is InChI=1S/C19H25ClN4O2/c1-14(25)18-11-17-13-23(7-3-8-24(17)22-18)9-6-19(26)21-12-15-4-2-5-16(20)10-15/h2,4-5,10-11,14,25H,3,6-9,12-13H2,1H3,(H,21,26)/t14-/m1/s1. The third kappa shape index (κ3) is 5.06. The number of hydrogen-bond acceptors (Lipinski definition) is 4. The fourth-order valence-electron chi connectivity index (χ4n) is 3.14. The van der Waals surface area contributed by atoms with Gasteiger partial charge in [-0.1, -0.05) is 23.7 Å². The minimum absolute atomic E-state index is 0.0346. The number of amides is 1. The lowest BCUT2D eigenvalue weighted by molar-refractivity contribution is -0.121. The van der Waals surface area contributed by atoms with Crippen LogP contribution in [0.5, 0.6) is 0 Å². The summed E-state index contributed by atoms with van der Waals surface area (Å²) in [4.78, 5) is 14.4. The Kier molecular flexibility index (Phi) is 6.29. The number of rotatable bonds is 6. The molecule has 0 radical (unpaired) electrons. The van der Waals surface area contributed by atoms with Crippen LogP contribution in [0.2, 0.25) is 5.02 Å². The van der Waals surface area contributed by atoms with E-state index in [0.29, 0.717) is 30.2 Å². The second-order valence-corrected chi connectivity index (χ2v) is 7.18. The molecule has 2 aromatic rings. The molecular formula is C19H25ClN4O2. The minimum atomic E-state index is -0.555. The molecule has 0 aliphatic carbocycles. The van der Waals surface area contributed by atoms with Crippen molar-refractivity contribution in [1.82, 2.24) is 20.0 Å². The Hall–Kier alpha value is -1.89. The average Bonchev–Trinajstić information content (AvgIpc) is 2.91. The summed E-state index contributed by atoms with van der Waals surface area (Å²) < 4.78 is 1.97. The molecule has 1 amide bonds. The molecule has 1 aliphatic rings. The van der Waals surface area contributed by atoms with E-state index in [9.17, 15) is 9.90 Å². The van der Waals surface area contributed by atoms with E-state index in [4.69, 9.17) is 11.6 Å². The quantitative estimate of drug-likeness (QED) is 0.812. The number of halogens is 1. The molecule has 2 N–H and O–H groups in total. The first kappa shape index (κ1) is 18.9. The van der Waals surface area contributed by atoms with Crippen molar-refractivity contribution in [2.24, 2.45) is 0 Å². The van der Waals surface area contributed by atoms with Gasteiger partial charge in [0.25, 0.3) is 0 Å². The van der Waals surface area contributed by atoms with Crippen LogP contribution in [0.3, 0.4) is 0 Å². The summed E-state index contributed by atoms with van der Waals surface area (Å²) >= 11 is 5.96. The molecule has 1 atom stereocenters. The summed E-state index contributed by atoms with van der Waals surface area (Å²) in [6, 6.07) is 9.47. The number of carbonyl (C=O) groups excluding carboxylic acids is 1. The molecular weight excluding hydrogens is 352 g/mol. The number of carbonyl (C=O) groups is 1. The molecule has 0 saturated heterocycles. The van der Waals surface area contributed by atoms with Crippen molar-refractivity contribution >= 4 is 17.5 Å². The Morgan fingerprint density at radius 1 is 1.38 bits per heavy atom. The van der Waals surface area contributed by atoms with Gasteiger partial charge in [0.15, 0.2) is 0 Å². The highest BCUT2D eigenvalue weighted by atomic mass is 35.5. The Bertz CT molecular complexity index is 760. The highest BCUT2D eigenvalue weighted by Gasteiger charge is 2.18. The number of aromatic nitrogens is 2.